The average molecular weight is 352 g/mol. The van der Waals surface area contributed by atoms with Gasteiger partial charge in [-0.1, -0.05) is 0 Å². The highest BCUT2D eigenvalue weighted by Gasteiger charge is 2.19. The van der Waals surface area contributed by atoms with Gasteiger partial charge in [-0.05, 0) is 43.3 Å². The first-order valence-corrected chi connectivity index (χ1v) is 8.56. The van der Waals surface area contributed by atoms with Crippen LogP contribution < -0.4 is 15.2 Å². The number of carbonyl (C=O) groups is 1. The first kappa shape index (κ1) is 16.3. The van der Waals surface area contributed by atoms with Crippen molar-refractivity contribution in [1.29, 1.82) is 0 Å². The minimum absolute atomic E-state index is 0.448. The molecule has 0 unspecified atom stereocenters. The summed E-state index contributed by atoms with van der Waals surface area (Å²) in [5.74, 6) is 1.80. The summed E-state index contributed by atoms with van der Waals surface area (Å²) in [5.41, 5.74) is 8.67. The number of benzene rings is 1. The highest BCUT2D eigenvalue weighted by atomic mass is 16.5. The predicted molar refractivity (Wildman–Crippen MR) is 96.5 cm³/mol. The van der Waals surface area contributed by atoms with Crippen molar-refractivity contribution in [2.45, 2.75) is 19.9 Å². The van der Waals surface area contributed by atoms with Crippen LogP contribution in [0.5, 0.6) is 11.5 Å². The number of nitrogens with zero attached hydrogens (tertiary/aromatic N) is 1. The maximum absolute atomic E-state index is 11.8. The number of fused-ring (bicyclic) bond motifs is 1. The van der Waals surface area contributed by atoms with Crippen LogP contribution in [-0.2, 0) is 6.54 Å². The van der Waals surface area contributed by atoms with E-state index in [1.54, 1.807) is 6.26 Å². The molecule has 0 bridgehead atoms. The topological polar surface area (TPSA) is 79.6 Å². The van der Waals surface area contributed by atoms with Gasteiger partial charge in [0.05, 0.1) is 31.6 Å². The lowest BCUT2D eigenvalue weighted by Gasteiger charge is -2.13. The van der Waals surface area contributed by atoms with E-state index in [2.05, 4.69) is 0 Å². The molecule has 0 spiro atoms. The van der Waals surface area contributed by atoms with Gasteiger partial charge in [0, 0.05) is 23.4 Å². The van der Waals surface area contributed by atoms with Crippen molar-refractivity contribution in [3.05, 3.63) is 59.7 Å². The molecular formula is C20H20N2O4. The molecule has 2 N–H and O–H groups in total. The number of rotatable bonds is 4. The van der Waals surface area contributed by atoms with Gasteiger partial charge < -0.3 is 24.2 Å². The normalized spacial score (nSPS) is 13.4. The van der Waals surface area contributed by atoms with Crippen LogP contribution in [0.15, 0.2) is 47.1 Å². The molecule has 6 heteroatoms. The van der Waals surface area contributed by atoms with Gasteiger partial charge in [-0.2, -0.15) is 0 Å². The average Bonchev–Trinajstić information content (AvgIpc) is 3.17. The fraction of sp³-hybridized carbons (Fsp3) is 0.250. The molecule has 4 rings (SSSR count). The first-order valence-electron chi connectivity index (χ1n) is 8.56. The number of primary amides is 1. The van der Waals surface area contributed by atoms with Crippen LogP contribution in [0.2, 0.25) is 0 Å². The molecular weight excluding hydrogens is 332 g/mol. The van der Waals surface area contributed by atoms with Crippen molar-refractivity contribution in [3.63, 3.8) is 0 Å². The van der Waals surface area contributed by atoms with Gasteiger partial charge in [0.2, 0.25) is 0 Å². The largest absolute Gasteiger partial charge is 0.490 e. The summed E-state index contributed by atoms with van der Waals surface area (Å²) in [6.45, 7) is 3.66. The molecule has 0 aliphatic carbocycles. The molecule has 0 fully saturated rings. The summed E-state index contributed by atoms with van der Waals surface area (Å²) < 4.78 is 19.0. The number of ether oxygens (including phenoxy) is 2. The summed E-state index contributed by atoms with van der Waals surface area (Å²) in [6.07, 6.45) is 2.49. The minimum atomic E-state index is -0.448. The molecule has 26 heavy (non-hydrogen) atoms. The number of hydrogen-bond donors (Lipinski definition) is 1. The number of amides is 1. The molecule has 3 aromatic rings. The Morgan fingerprint density at radius 3 is 2.69 bits per heavy atom. The van der Waals surface area contributed by atoms with Gasteiger partial charge in [-0.15, -0.1) is 0 Å². The van der Waals surface area contributed by atoms with E-state index >= 15 is 0 Å². The second-order valence-electron chi connectivity index (χ2n) is 6.27. The molecule has 0 atom stereocenters. The van der Waals surface area contributed by atoms with E-state index in [4.69, 9.17) is 19.6 Å². The predicted octanol–water partition coefficient (Wildman–Crippen LogP) is 3.37. The minimum Gasteiger partial charge on any atom is -0.490 e. The SMILES string of the molecule is Cc1c(C(N)=O)cc(-c2ccc3c(c2)OCCCO3)n1Cc1ccco1. The van der Waals surface area contributed by atoms with Crippen LogP contribution in [0.4, 0.5) is 0 Å². The van der Waals surface area contributed by atoms with Crippen LogP contribution in [0.25, 0.3) is 11.3 Å². The quantitative estimate of drug-likeness (QED) is 0.781. The van der Waals surface area contributed by atoms with E-state index in [0.717, 1.165) is 34.9 Å². The molecule has 1 amide bonds. The molecule has 134 valence electrons. The highest BCUT2D eigenvalue weighted by Crippen LogP contribution is 2.36. The van der Waals surface area contributed by atoms with E-state index in [-0.39, 0.29) is 0 Å². The molecule has 0 saturated carbocycles. The van der Waals surface area contributed by atoms with E-state index in [1.165, 1.54) is 0 Å². The fourth-order valence-electron chi connectivity index (χ4n) is 3.22. The summed E-state index contributed by atoms with van der Waals surface area (Å²) in [5, 5.41) is 0. The molecule has 0 radical (unpaired) electrons. The lowest BCUT2D eigenvalue weighted by molar-refractivity contribution is 0.0999. The van der Waals surface area contributed by atoms with Crippen LogP contribution in [0.3, 0.4) is 0 Å². The van der Waals surface area contributed by atoms with Crippen molar-refractivity contribution >= 4 is 5.91 Å². The zero-order valence-corrected chi connectivity index (χ0v) is 14.5. The lowest BCUT2D eigenvalue weighted by Crippen LogP contribution is -2.12. The second kappa shape index (κ2) is 6.63. The number of aromatic nitrogens is 1. The van der Waals surface area contributed by atoms with Crippen molar-refractivity contribution in [2.24, 2.45) is 5.73 Å². The monoisotopic (exact) mass is 352 g/mol. The Hall–Kier alpha value is -3.15. The van der Waals surface area contributed by atoms with Gasteiger partial charge in [-0.25, -0.2) is 0 Å². The standard InChI is InChI=1S/C20H20N2O4/c1-13-16(20(21)23)11-17(22(13)12-15-4-2-7-24-15)14-5-6-18-19(10-14)26-9-3-8-25-18/h2,4-7,10-11H,3,8-9,12H2,1H3,(H2,21,23). The maximum Gasteiger partial charge on any atom is 0.250 e. The van der Waals surface area contributed by atoms with Crippen molar-refractivity contribution in [1.82, 2.24) is 4.57 Å². The summed E-state index contributed by atoms with van der Waals surface area (Å²) in [6, 6.07) is 11.4. The van der Waals surface area contributed by atoms with Crippen molar-refractivity contribution in [2.75, 3.05) is 13.2 Å². The van der Waals surface area contributed by atoms with Crippen molar-refractivity contribution < 1.29 is 18.7 Å². The molecule has 0 saturated heterocycles. The first-order chi connectivity index (χ1) is 12.6. The Balaban J connectivity index is 1.81. The highest BCUT2D eigenvalue weighted by molar-refractivity contribution is 5.95. The lowest BCUT2D eigenvalue weighted by atomic mass is 10.1. The van der Waals surface area contributed by atoms with Gasteiger partial charge in [0.25, 0.3) is 5.91 Å². The smallest absolute Gasteiger partial charge is 0.250 e. The fourth-order valence-corrected chi connectivity index (χ4v) is 3.22. The molecule has 1 aliphatic heterocycles. The third kappa shape index (κ3) is 2.94. The van der Waals surface area contributed by atoms with Gasteiger partial charge in [-0.3, -0.25) is 4.79 Å². The number of furan rings is 1. The van der Waals surface area contributed by atoms with Crippen LogP contribution >= 0.6 is 0 Å². The van der Waals surface area contributed by atoms with Crippen LogP contribution in [0.1, 0.15) is 28.2 Å². The molecule has 2 aromatic heterocycles. The molecule has 6 nitrogen and oxygen atoms in total. The van der Waals surface area contributed by atoms with Crippen LogP contribution in [0, 0.1) is 6.92 Å². The molecule has 1 aromatic carbocycles. The molecule has 3 heterocycles. The van der Waals surface area contributed by atoms with Crippen molar-refractivity contribution in [3.8, 4) is 22.8 Å². The van der Waals surface area contributed by atoms with E-state index in [0.29, 0.717) is 31.1 Å². The third-order valence-electron chi connectivity index (χ3n) is 4.57. The van der Waals surface area contributed by atoms with Gasteiger partial charge >= 0.3 is 0 Å². The Morgan fingerprint density at radius 1 is 1.15 bits per heavy atom. The molecule has 1 aliphatic rings. The Morgan fingerprint density at radius 2 is 1.96 bits per heavy atom. The number of hydrogen-bond acceptors (Lipinski definition) is 4. The summed E-state index contributed by atoms with van der Waals surface area (Å²) in [4.78, 5) is 11.8. The summed E-state index contributed by atoms with van der Waals surface area (Å²) >= 11 is 0. The zero-order valence-electron chi connectivity index (χ0n) is 14.5. The van der Waals surface area contributed by atoms with E-state index in [1.807, 2.05) is 47.9 Å². The number of carbonyl (C=O) groups excluding carboxylic acids is 1. The zero-order chi connectivity index (χ0) is 18.1. The van der Waals surface area contributed by atoms with E-state index < -0.39 is 5.91 Å². The Bertz CT molecular complexity index is 941. The van der Waals surface area contributed by atoms with E-state index in [9.17, 15) is 4.79 Å². The van der Waals surface area contributed by atoms with Gasteiger partial charge in [0.1, 0.15) is 5.76 Å². The second-order valence-corrected chi connectivity index (χ2v) is 6.27. The van der Waals surface area contributed by atoms with Gasteiger partial charge in [0.15, 0.2) is 11.5 Å². The third-order valence-corrected chi connectivity index (χ3v) is 4.57. The number of nitrogens with two attached hydrogens (primary N) is 1. The van der Waals surface area contributed by atoms with Crippen LogP contribution in [-0.4, -0.2) is 23.7 Å². The Kier molecular flexibility index (Phi) is 4.16. The Labute approximate surface area is 151 Å². The maximum atomic E-state index is 11.8. The summed E-state index contributed by atoms with van der Waals surface area (Å²) in [7, 11) is 0.